The molecular formula is C22H25NO3. The third kappa shape index (κ3) is 2.69. The van der Waals surface area contributed by atoms with Gasteiger partial charge >= 0.3 is 5.97 Å². The summed E-state index contributed by atoms with van der Waals surface area (Å²) < 4.78 is 11.4. The predicted octanol–water partition coefficient (Wildman–Crippen LogP) is 4.06. The van der Waals surface area contributed by atoms with Gasteiger partial charge < -0.3 is 14.8 Å². The lowest BCUT2D eigenvalue weighted by Crippen LogP contribution is -2.34. The molecule has 0 radical (unpaired) electrons. The third-order valence-electron chi connectivity index (χ3n) is 5.26. The van der Waals surface area contributed by atoms with Gasteiger partial charge in [-0.2, -0.15) is 0 Å². The summed E-state index contributed by atoms with van der Waals surface area (Å²) in [6, 6.07) is 10.8. The number of esters is 1. The second kappa shape index (κ2) is 6.13. The van der Waals surface area contributed by atoms with Crippen molar-refractivity contribution in [2.75, 3.05) is 13.7 Å². The van der Waals surface area contributed by atoms with Crippen molar-refractivity contribution in [3.05, 3.63) is 47.0 Å². The molecule has 4 heteroatoms. The number of carbonyl (C=O) groups excluding carboxylic acids is 1. The van der Waals surface area contributed by atoms with Gasteiger partial charge in [-0.3, -0.25) is 4.79 Å². The van der Waals surface area contributed by atoms with E-state index in [1.54, 1.807) is 7.11 Å². The molecule has 0 bridgehead atoms. The fourth-order valence-corrected chi connectivity index (χ4v) is 3.92. The highest BCUT2D eigenvalue weighted by Crippen LogP contribution is 2.49. The molecule has 1 aliphatic heterocycles. The van der Waals surface area contributed by atoms with E-state index in [9.17, 15) is 4.79 Å². The summed E-state index contributed by atoms with van der Waals surface area (Å²) in [7, 11) is 1.61. The molecule has 0 fully saturated rings. The molecule has 26 heavy (non-hydrogen) atoms. The largest absolute Gasteiger partial charge is 0.493 e. The summed E-state index contributed by atoms with van der Waals surface area (Å²) in [4.78, 5) is 12.6. The van der Waals surface area contributed by atoms with Crippen LogP contribution in [0.25, 0.3) is 11.1 Å². The molecular weight excluding hydrogens is 326 g/mol. The first-order chi connectivity index (χ1) is 12.4. The zero-order chi connectivity index (χ0) is 18.5. The summed E-state index contributed by atoms with van der Waals surface area (Å²) in [5, 5.41) is 3.63. The highest BCUT2D eigenvalue weighted by Gasteiger charge is 2.34. The number of hydrogen-bond donors (Lipinski definition) is 1. The summed E-state index contributed by atoms with van der Waals surface area (Å²) in [6.07, 6.45) is 1.92. The molecule has 0 saturated carbocycles. The summed E-state index contributed by atoms with van der Waals surface area (Å²) in [5.41, 5.74) is 5.48. The summed E-state index contributed by atoms with van der Waals surface area (Å²) >= 11 is 0. The van der Waals surface area contributed by atoms with Crippen LogP contribution < -0.4 is 14.8 Å². The van der Waals surface area contributed by atoms with E-state index in [-0.39, 0.29) is 5.97 Å². The van der Waals surface area contributed by atoms with E-state index < -0.39 is 5.41 Å². The van der Waals surface area contributed by atoms with Crippen LogP contribution in [0.15, 0.2) is 30.3 Å². The van der Waals surface area contributed by atoms with E-state index >= 15 is 0 Å². The van der Waals surface area contributed by atoms with Gasteiger partial charge in [0.05, 0.1) is 12.5 Å². The van der Waals surface area contributed by atoms with E-state index in [0.29, 0.717) is 17.5 Å². The first-order valence-electron chi connectivity index (χ1n) is 9.18. The van der Waals surface area contributed by atoms with Crippen LogP contribution in [0.4, 0.5) is 0 Å². The zero-order valence-corrected chi connectivity index (χ0v) is 15.8. The summed E-state index contributed by atoms with van der Waals surface area (Å²) in [6.45, 7) is 6.59. The monoisotopic (exact) mass is 351 g/mol. The van der Waals surface area contributed by atoms with Gasteiger partial charge in [0.25, 0.3) is 0 Å². The van der Waals surface area contributed by atoms with Crippen LogP contribution in [0.2, 0.25) is 0 Å². The van der Waals surface area contributed by atoms with E-state index in [1.165, 1.54) is 16.7 Å². The Morgan fingerprint density at radius 1 is 1.15 bits per heavy atom. The molecule has 0 unspecified atom stereocenters. The van der Waals surface area contributed by atoms with Crippen LogP contribution in [0.1, 0.15) is 43.5 Å². The topological polar surface area (TPSA) is 47.6 Å². The minimum absolute atomic E-state index is 0.255. The van der Waals surface area contributed by atoms with Gasteiger partial charge in [0.1, 0.15) is 0 Å². The molecule has 0 amide bonds. The number of hydrogen-bond acceptors (Lipinski definition) is 4. The Balaban J connectivity index is 1.92. The molecule has 1 N–H and O–H groups in total. The second-order valence-corrected chi connectivity index (χ2v) is 8.11. The number of benzene rings is 2. The molecule has 2 aromatic carbocycles. The SMILES string of the molecule is COc1ccc2c(c1OC(=O)C(C)(C)C)-c1cccc3c1[C@@H](C2)NCC3. The molecule has 1 atom stereocenters. The Hall–Kier alpha value is -2.33. The van der Waals surface area contributed by atoms with Crippen molar-refractivity contribution in [2.45, 2.75) is 39.7 Å². The number of methoxy groups -OCH3 is 1. The van der Waals surface area contributed by atoms with Crippen molar-refractivity contribution in [1.29, 1.82) is 0 Å². The molecule has 0 aromatic heterocycles. The lowest BCUT2D eigenvalue weighted by molar-refractivity contribution is -0.143. The molecule has 2 aromatic rings. The molecule has 4 rings (SSSR count). The van der Waals surface area contributed by atoms with Crippen LogP contribution in [-0.2, 0) is 17.6 Å². The van der Waals surface area contributed by atoms with Crippen molar-refractivity contribution in [3.63, 3.8) is 0 Å². The molecule has 1 heterocycles. The van der Waals surface area contributed by atoms with Crippen LogP contribution in [0.3, 0.4) is 0 Å². The Morgan fingerprint density at radius 2 is 1.96 bits per heavy atom. The van der Waals surface area contributed by atoms with E-state index in [4.69, 9.17) is 9.47 Å². The quantitative estimate of drug-likeness (QED) is 0.655. The van der Waals surface area contributed by atoms with Gasteiger partial charge in [-0.25, -0.2) is 0 Å². The van der Waals surface area contributed by atoms with Crippen molar-refractivity contribution in [2.24, 2.45) is 5.41 Å². The fraction of sp³-hybridized carbons (Fsp3) is 0.409. The average Bonchev–Trinajstić information content (AvgIpc) is 2.61. The number of carbonyl (C=O) groups is 1. The third-order valence-corrected chi connectivity index (χ3v) is 5.26. The van der Waals surface area contributed by atoms with Crippen LogP contribution >= 0.6 is 0 Å². The Bertz CT molecular complexity index is 880. The van der Waals surface area contributed by atoms with Gasteiger partial charge in [-0.05, 0) is 68.5 Å². The fourth-order valence-electron chi connectivity index (χ4n) is 3.92. The number of nitrogens with one attached hydrogen (secondary N) is 1. The minimum atomic E-state index is -0.581. The second-order valence-electron chi connectivity index (χ2n) is 8.11. The van der Waals surface area contributed by atoms with Crippen molar-refractivity contribution >= 4 is 5.97 Å². The lowest BCUT2D eigenvalue weighted by Gasteiger charge is -2.35. The predicted molar refractivity (Wildman–Crippen MR) is 102 cm³/mol. The van der Waals surface area contributed by atoms with Crippen molar-refractivity contribution in [3.8, 4) is 22.6 Å². The van der Waals surface area contributed by atoms with Gasteiger partial charge in [0.2, 0.25) is 0 Å². The van der Waals surface area contributed by atoms with Crippen molar-refractivity contribution in [1.82, 2.24) is 5.32 Å². The van der Waals surface area contributed by atoms with E-state index in [1.807, 2.05) is 26.8 Å². The molecule has 4 nitrogen and oxygen atoms in total. The molecule has 136 valence electrons. The highest BCUT2D eigenvalue weighted by molar-refractivity contribution is 5.87. The van der Waals surface area contributed by atoms with Crippen molar-refractivity contribution < 1.29 is 14.3 Å². The lowest BCUT2D eigenvalue weighted by atomic mass is 9.77. The number of ether oxygens (including phenoxy) is 2. The van der Waals surface area contributed by atoms with Crippen LogP contribution in [0, 0.1) is 5.41 Å². The van der Waals surface area contributed by atoms with Gasteiger partial charge in [0, 0.05) is 11.6 Å². The molecule has 2 aliphatic rings. The van der Waals surface area contributed by atoms with Crippen LogP contribution in [0.5, 0.6) is 11.5 Å². The van der Waals surface area contributed by atoms with E-state index in [2.05, 4.69) is 29.6 Å². The smallest absolute Gasteiger partial charge is 0.316 e. The van der Waals surface area contributed by atoms with Gasteiger partial charge in [-0.1, -0.05) is 24.3 Å². The van der Waals surface area contributed by atoms with Crippen LogP contribution in [-0.4, -0.2) is 19.6 Å². The maximum absolute atomic E-state index is 12.6. The Morgan fingerprint density at radius 3 is 2.69 bits per heavy atom. The Kier molecular flexibility index (Phi) is 4.03. The number of rotatable bonds is 2. The normalized spacial score (nSPS) is 17.9. The first-order valence-corrected chi connectivity index (χ1v) is 9.18. The average molecular weight is 351 g/mol. The molecule has 1 aliphatic carbocycles. The molecule has 0 spiro atoms. The maximum atomic E-state index is 12.6. The standard InChI is InChI=1S/C22H25NO3/c1-22(2,3)21(24)26-20-17(25-4)9-8-14-12-16-18-13(10-11-23-16)6-5-7-15(18)19(14)20/h5-9,16,23H,10-12H2,1-4H3/t16-/m1/s1. The highest BCUT2D eigenvalue weighted by atomic mass is 16.6. The summed E-state index contributed by atoms with van der Waals surface area (Å²) in [5.74, 6) is 0.887. The Labute approximate surface area is 154 Å². The van der Waals surface area contributed by atoms with Gasteiger partial charge in [0.15, 0.2) is 11.5 Å². The van der Waals surface area contributed by atoms with Gasteiger partial charge in [-0.15, -0.1) is 0 Å². The van der Waals surface area contributed by atoms with E-state index in [0.717, 1.165) is 30.5 Å². The molecule has 0 saturated heterocycles. The zero-order valence-electron chi connectivity index (χ0n) is 15.8. The number of fused-ring (bicyclic) bond motifs is 2. The maximum Gasteiger partial charge on any atom is 0.316 e. The first kappa shape index (κ1) is 17.1. The minimum Gasteiger partial charge on any atom is -0.493 e.